The van der Waals surface area contributed by atoms with Crippen LogP contribution in [-0.4, -0.2) is 24.0 Å². The van der Waals surface area contributed by atoms with Gasteiger partial charge in [0.15, 0.2) is 0 Å². The molecule has 0 spiro atoms. The third kappa shape index (κ3) is 514. The average molecular weight is 230 g/mol. The van der Waals surface area contributed by atoms with E-state index in [4.69, 9.17) is 17.5 Å². The number of hydrogen-bond donors (Lipinski definition) is 0. The molecule has 0 unspecified atom stereocenters. The van der Waals surface area contributed by atoms with Crippen LogP contribution in [0, 0.1) is 0 Å². The van der Waals surface area contributed by atoms with Crippen LogP contribution in [0.15, 0.2) is 0 Å². The molecule has 0 amide bonds. The molecule has 64 valence electrons. The molecule has 0 saturated heterocycles. The summed E-state index contributed by atoms with van der Waals surface area (Å²) in [7, 11) is -5.17. The van der Waals surface area contributed by atoms with Crippen LogP contribution in [0.25, 0.3) is 0 Å². The van der Waals surface area contributed by atoms with E-state index < -0.39 is 16.8 Å². The standard InChI is InChI=1S/CF4.2Na.H2O4S/c2-1(3,4)5;;;1-5(2,3)4/h;;;(H2,1,2,3,4)/q;2*+1;/p-2. The minimum atomic E-state index is -5.50. The van der Waals surface area contributed by atoms with Gasteiger partial charge in [0.05, 0.1) is 0 Å². The van der Waals surface area contributed by atoms with Gasteiger partial charge in [0.2, 0.25) is 0 Å². The minimum Gasteiger partial charge on any atom is -0.759 e. The first kappa shape index (κ1) is 23.4. The van der Waals surface area contributed by atoms with E-state index in [1.165, 1.54) is 0 Å². The van der Waals surface area contributed by atoms with Crippen molar-refractivity contribution < 1.29 is 94.2 Å². The summed E-state index contributed by atoms with van der Waals surface area (Å²) in [6.07, 6.45) is -5.50. The molecule has 0 aromatic rings. The molecule has 0 atom stereocenters. The Hall–Kier alpha value is 1.59. The summed E-state index contributed by atoms with van der Waals surface area (Å²) < 4.78 is 72.8. The molecule has 0 aromatic carbocycles. The molecule has 0 aliphatic heterocycles. The van der Waals surface area contributed by atoms with Gasteiger partial charge in [-0.2, -0.15) is 0 Å². The third-order valence-corrected chi connectivity index (χ3v) is 0. The van der Waals surface area contributed by atoms with Crippen molar-refractivity contribution in [1.29, 1.82) is 0 Å². The second kappa shape index (κ2) is 9.16. The van der Waals surface area contributed by atoms with Crippen molar-refractivity contribution >= 4 is 10.4 Å². The molecule has 0 heterocycles. The van der Waals surface area contributed by atoms with Gasteiger partial charge < -0.3 is 9.11 Å². The molecule has 0 N–H and O–H groups in total. The van der Waals surface area contributed by atoms with Gasteiger partial charge in [-0.1, -0.05) is 0 Å². The molecule has 0 saturated carbocycles. The van der Waals surface area contributed by atoms with E-state index in [-0.39, 0.29) is 59.1 Å². The first-order valence-electron chi connectivity index (χ1n) is 1.42. The van der Waals surface area contributed by atoms with E-state index >= 15 is 0 Å². The van der Waals surface area contributed by atoms with E-state index in [9.17, 15) is 17.6 Å². The van der Waals surface area contributed by atoms with Crippen molar-refractivity contribution in [3.8, 4) is 0 Å². The minimum absolute atomic E-state index is 0. The molecule has 4 nitrogen and oxygen atoms in total. The van der Waals surface area contributed by atoms with Crippen molar-refractivity contribution in [3.63, 3.8) is 0 Å². The quantitative estimate of drug-likeness (QED) is 0.180. The van der Waals surface area contributed by atoms with E-state index in [2.05, 4.69) is 0 Å². The predicted octanol–water partition coefficient (Wildman–Crippen LogP) is -5.85. The van der Waals surface area contributed by atoms with Crippen LogP contribution >= 0.6 is 0 Å². The largest absolute Gasteiger partial charge is 1.00 e. The van der Waals surface area contributed by atoms with Crippen molar-refractivity contribution in [2.24, 2.45) is 0 Å². The zero-order valence-corrected chi connectivity index (χ0v) is 10.9. The maximum absolute atomic E-state index is 9.69. The fraction of sp³-hybridized carbons (Fsp3) is 1.00. The summed E-state index contributed by atoms with van der Waals surface area (Å²) in [5.41, 5.74) is 0. The van der Waals surface area contributed by atoms with Gasteiger partial charge >= 0.3 is 65.5 Å². The number of alkyl halides is 4. The third-order valence-electron chi connectivity index (χ3n) is 0. The summed E-state index contributed by atoms with van der Waals surface area (Å²) in [4.78, 5) is 0. The normalized spacial score (nSPS) is 9.83. The van der Waals surface area contributed by atoms with E-state index in [0.717, 1.165) is 0 Å². The number of hydrogen-bond acceptors (Lipinski definition) is 4. The van der Waals surface area contributed by atoms with Crippen LogP contribution in [0.5, 0.6) is 0 Å². The van der Waals surface area contributed by atoms with Crippen molar-refractivity contribution in [1.82, 2.24) is 0 Å². The Morgan fingerprint density at radius 2 is 0.917 bits per heavy atom. The Kier molecular flexibility index (Phi) is 17.9. The van der Waals surface area contributed by atoms with E-state index in [0.29, 0.717) is 0 Å². The zero-order chi connectivity index (χ0) is 9.00. The summed E-state index contributed by atoms with van der Waals surface area (Å²) in [5, 5.41) is 0. The molecular weight excluding hydrogens is 230 g/mol. The summed E-state index contributed by atoms with van der Waals surface area (Å²) >= 11 is 0. The SMILES string of the molecule is FC(F)(F)F.O=S(=O)([O-])[O-].[Na+].[Na+]. The van der Waals surface area contributed by atoms with Crippen LogP contribution in [0.4, 0.5) is 17.6 Å². The van der Waals surface area contributed by atoms with E-state index in [1.807, 2.05) is 0 Å². The van der Waals surface area contributed by atoms with Crippen LogP contribution in [0.1, 0.15) is 0 Å². The Labute approximate surface area is 110 Å². The summed E-state index contributed by atoms with van der Waals surface area (Å²) in [5.74, 6) is 0. The van der Waals surface area contributed by atoms with Crippen molar-refractivity contribution in [2.75, 3.05) is 0 Å². The molecule has 0 aromatic heterocycles. The second-order valence-corrected chi connectivity index (χ2v) is 1.65. The Morgan fingerprint density at radius 1 is 0.917 bits per heavy atom. The predicted molar refractivity (Wildman–Crippen MR) is 17.6 cm³/mol. The molecule has 12 heavy (non-hydrogen) atoms. The molecule has 11 heteroatoms. The topological polar surface area (TPSA) is 80.3 Å². The van der Waals surface area contributed by atoms with Gasteiger partial charge in [0.25, 0.3) is 0 Å². The van der Waals surface area contributed by atoms with Crippen LogP contribution in [0.3, 0.4) is 0 Å². The van der Waals surface area contributed by atoms with E-state index in [1.54, 1.807) is 0 Å². The van der Waals surface area contributed by atoms with Gasteiger partial charge in [-0.05, 0) is 0 Å². The van der Waals surface area contributed by atoms with Gasteiger partial charge in [-0.15, -0.1) is 17.6 Å². The summed E-state index contributed by atoms with van der Waals surface area (Å²) in [6, 6.07) is 0. The Bertz CT molecular complexity index is 160. The van der Waals surface area contributed by atoms with Gasteiger partial charge in [-0.25, -0.2) is 0 Å². The molecule has 0 radical (unpaired) electrons. The maximum Gasteiger partial charge on any atom is 1.00 e. The second-order valence-electron chi connectivity index (χ2n) is 0.837. The Balaban J connectivity index is -0.0000000457. The van der Waals surface area contributed by atoms with Crippen LogP contribution in [-0.2, 0) is 10.4 Å². The van der Waals surface area contributed by atoms with Gasteiger partial charge in [-0.3, -0.25) is 8.42 Å². The van der Waals surface area contributed by atoms with Crippen LogP contribution in [0.2, 0.25) is 0 Å². The average Bonchev–Trinajstić information content (AvgIpc) is 1.12. The number of rotatable bonds is 0. The molecule has 0 rings (SSSR count). The first-order valence-corrected chi connectivity index (χ1v) is 2.76. The van der Waals surface area contributed by atoms with Crippen molar-refractivity contribution in [3.05, 3.63) is 0 Å². The fourth-order valence-electron chi connectivity index (χ4n) is 0. The summed E-state index contributed by atoms with van der Waals surface area (Å²) in [6.45, 7) is 0. The van der Waals surface area contributed by atoms with Gasteiger partial charge in [0, 0.05) is 10.4 Å². The van der Waals surface area contributed by atoms with Crippen molar-refractivity contribution in [2.45, 2.75) is 6.43 Å². The zero-order valence-electron chi connectivity index (χ0n) is 6.05. The molecule has 0 aliphatic carbocycles. The monoisotopic (exact) mass is 230 g/mol. The maximum atomic E-state index is 9.69. The van der Waals surface area contributed by atoms with Gasteiger partial charge in [0.1, 0.15) is 0 Å². The molecular formula is CF4Na2O4S. The fourth-order valence-corrected chi connectivity index (χ4v) is 0. The first-order chi connectivity index (χ1) is 4.00. The molecule has 0 fully saturated rings. The van der Waals surface area contributed by atoms with Crippen LogP contribution < -0.4 is 59.1 Å². The number of halogens is 4. The Morgan fingerprint density at radius 3 is 0.917 bits per heavy atom. The molecule has 0 bridgehead atoms. The molecule has 0 aliphatic rings. The smallest absolute Gasteiger partial charge is 0.759 e.